The molecule has 1 atom stereocenters. The third-order valence-corrected chi connectivity index (χ3v) is 5.05. The molecule has 1 aromatic rings. The van der Waals surface area contributed by atoms with E-state index in [0.717, 1.165) is 6.26 Å². The van der Waals surface area contributed by atoms with Crippen molar-refractivity contribution in [2.75, 3.05) is 13.3 Å². The van der Waals surface area contributed by atoms with E-state index in [1.165, 1.54) is 23.5 Å². The van der Waals surface area contributed by atoms with Crippen LogP contribution in [0.4, 0.5) is 0 Å². The Morgan fingerprint density at radius 1 is 1.11 bits per heavy atom. The van der Waals surface area contributed by atoms with Crippen LogP contribution >= 0.6 is 0 Å². The van der Waals surface area contributed by atoms with Crippen molar-refractivity contribution in [3.63, 3.8) is 0 Å². The van der Waals surface area contributed by atoms with E-state index in [2.05, 4.69) is 0 Å². The molecule has 0 spiro atoms. The summed E-state index contributed by atoms with van der Waals surface area (Å²) in [5, 5.41) is 4.98. The molecule has 0 aliphatic carbocycles. The fraction of sp³-hybridized carbons (Fsp3) is 0.400. The van der Waals surface area contributed by atoms with Gasteiger partial charge in [0.25, 0.3) is 0 Å². The molecule has 0 saturated carbocycles. The van der Waals surface area contributed by atoms with Gasteiger partial charge in [-0.3, -0.25) is 0 Å². The van der Waals surface area contributed by atoms with Crippen molar-refractivity contribution in [2.45, 2.75) is 17.9 Å². The van der Waals surface area contributed by atoms with Gasteiger partial charge in [-0.25, -0.2) is 22.0 Å². The highest BCUT2D eigenvalue weighted by atomic mass is 32.2. The Balaban J connectivity index is 3.07. The molecule has 2 N–H and O–H groups in total. The Morgan fingerprint density at radius 3 is 1.89 bits per heavy atom. The Hall–Kier alpha value is -0.960. The van der Waals surface area contributed by atoms with Gasteiger partial charge in [-0.1, -0.05) is 12.1 Å². The van der Waals surface area contributed by atoms with E-state index < -0.39 is 20.0 Å². The van der Waals surface area contributed by atoms with Crippen molar-refractivity contribution in [1.29, 1.82) is 0 Å². The summed E-state index contributed by atoms with van der Waals surface area (Å²) < 4.78 is 46.1. The first kappa shape index (κ1) is 15.1. The molecule has 0 aliphatic heterocycles. The Morgan fingerprint density at radius 2 is 1.56 bits per heavy atom. The molecule has 1 aromatic carbocycles. The zero-order chi connectivity index (χ0) is 14.1. The van der Waals surface area contributed by atoms with Crippen molar-refractivity contribution in [2.24, 2.45) is 5.14 Å². The summed E-state index contributed by atoms with van der Waals surface area (Å²) in [6.45, 7) is 1.72. The van der Waals surface area contributed by atoms with Gasteiger partial charge in [0.1, 0.15) is 0 Å². The molecule has 0 saturated heterocycles. The first-order valence-electron chi connectivity index (χ1n) is 5.09. The molecule has 1 unspecified atom stereocenters. The van der Waals surface area contributed by atoms with Crippen LogP contribution in [0.15, 0.2) is 29.2 Å². The van der Waals surface area contributed by atoms with Crippen LogP contribution in [0.3, 0.4) is 0 Å². The zero-order valence-electron chi connectivity index (χ0n) is 10.4. The molecule has 0 aromatic heterocycles. The summed E-state index contributed by atoms with van der Waals surface area (Å²) in [5.41, 5.74) is 0.690. The minimum atomic E-state index is -3.73. The van der Waals surface area contributed by atoms with E-state index in [9.17, 15) is 16.8 Å². The van der Waals surface area contributed by atoms with Crippen molar-refractivity contribution in [3.8, 4) is 0 Å². The fourth-order valence-electron chi connectivity index (χ4n) is 1.43. The van der Waals surface area contributed by atoms with Gasteiger partial charge >= 0.3 is 0 Å². The zero-order valence-corrected chi connectivity index (χ0v) is 12.0. The van der Waals surface area contributed by atoms with Crippen LogP contribution in [0.1, 0.15) is 18.5 Å². The summed E-state index contributed by atoms with van der Waals surface area (Å²) in [6, 6.07) is 5.43. The smallest absolute Gasteiger partial charge is 0.225 e. The quantitative estimate of drug-likeness (QED) is 0.862. The average molecular weight is 292 g/mol. The normalized spacial score (nSPS) is 14.7. The van der Waals surface area contributed by atoms with Crippen LogP contribution in [0, 0.1) is 0 Å². The van der Waals surface area contributed by atoms with Crippen molar-refractivity contribution < 1.29 is 16.8 Å². The van der Waals surface area contributed by atoms with Crippen LogP contribution in [0.2, 0.25) is 0 Å². The van der Waals surface area contributed by atoms with E-state index in [-0.39, 0.29) is 10.9 Å². The second kappa shape index (κ2) is 4.96. The molecule has 8 heteroatoms. The molecule has 0 heterocycles. The number of nitrogens with two attached hydrogens (primary N) is 1. The van der Waals surface area contributed by atoms with Gasteiger partial charge in [-0.15, -0.1) is 0 Å². The van der Waals surface area contributed by atoms with Crippen LogP contribution in [-0.2, 0) is 20.0 Å². The van der Waals surface area contributed by atoms with Gasteiger partial charge in [-0.2, -0.15) is 4.31 Å². The molecule has 0 bridgehead atoms. The van der Waals surface area contributed by atoms with Gasteiger partial charge in [0.05, 0.1) is 11.2 Å². The summed E-state index contributed by atoms with van der Waals surface area (Å²) in [4.78, 5) is 0.000425. The summed E-state index contributed by atoms with van der Waals surface area (Å²) in [7, 11) is -5.56. The second-order valence-electron chi connectivity index (χ2n) is 4.07. The first-order valence-corrected chi connectivity index (χ1v) is 8.48. The number of hydrogen-bond acceptors (Lipinski definition) is 4. The maximum atomic E-state index is 11.4. The van der Waals surface area contributed by atoms with Gasteiger partial charge < -0.3 is 0 Å². The summed E-state index contributed by atoms with van der Waals surface area (Å²) in [6.07, 6.45) is 1.11. The Labute approximate surface area is 108 Å². The molecule has 0 amide bonds. The molecule has 102 valence electrons. The molecular weight excluding hydrogens is 276 g/mol. The molecule has 6 nitrogen and oxygen atoms in total. The predicted molar refractivity (Wildman–Crippen MR) is 68.8 cm³/mol. The molecule has 0 aliphatic rings. The van der Waals surface area contributed by atoms with Crippen LogP contribution in [-0.4, -0.2) is 34.4 Å². The van der Waals surface area contributed by atoms with Crippen molar-refractivity contribution >= 4 is 20.0 Å². The van der Waals surface area contributed by atoms with E-state index in [1.807, 2.05) is 0 Å². The van der Waals surface area contributed by atoms with Gasteiger partial charge in [0.2, 0.25) is 20.0 Å². The molecule has 18 heavy (non-hydrogen) atoms. The number of primary sulfonamides is 1. The summed E-state index contributed by atoms with van der Waals surface area (Å²) >= 11 is 0. The van der Waals surface area contributed by atoms with Crippen molar-refractivity contribution in [3.05, 3.63) is 29.8 Å². The summed E-state index contributed by atoms with van der Waals surface area (Å²) in [5.74, 6) is 0. The molecular formula is C10H16N2O4S2. The van der Waals surface area contributed by atoms with Gasteiger partial charge in [0, 0.05) is 13.1 Å². The van der Waals surface area contributed by atoms with Gasteiger partial charge in [-0.05, 0) is 24.6 Å². The molecule has 1 rings (SSSR count). The average Bonchev–Trinajstić information content (AvgIpc) is 2.25. The molecule has 0 radical (unpaired) electrons. The highest BCUT2D eigenvalue weighted by Crippen LogP contribution is 2.22. The van der Waals surface area contributed by atoms with E-state index in [4.69, 9.17) is 5.14 Å². The topological polar surface area (TPSA) is 97.5 Å². The highest BCUT2D eigenvalue weighted by molar-refractivity contribution is 7.89. The minimum absolute atomic E-state index is 0.000425. The predicted octanol–water partition coefficient (Wildman–Crippen LogP) is 0.286. The minimum Gasteiger partial charge on any atom is -0.225 e. The lowest BCUT2D eigenvalue weighted by atomic mass is 10.1. The Bertz CT molecular complexity index is 620. The van der Waals surface area contributed by atoms with E-state index in [1.54, 1.807) is 19.1 Å². The second-order valence-corrected chi connectivity index (χ2v) is 7.67. The SMILES string of the molecule is CC(c1ccc(S(N)(=O)=O)cc1)N(C)S(C)(=O)=O. The lowest BCUT2D eigenvalue weighted by molar-refractivity contribution is 0.402. The third-order valence-electron chi connectivity index (χ3n) is 2.76. The lowest BCUT2D eigenvalue weighted by Gasteiger charge is -2.22. The first-order chi connectivity index (χ1) is 8.03. The van der Waals surface area contributed by atoms with Crippen LogP contribution in [0.25, 0.3) is 0 Å². The number of hydrogen-bond donors (Lipinski definition) is 1. The number of nitrogens with zero attached hydrogens (tertiary/aromatic N) is 1. The van der Waals surface area contributed by atoms with Crippen LogP contribution in [0.5, 0.6) is 0 Å². The maximum Gasteiger partial charge on any atom is 0.238 e. The Kier molecular flexibility index (Phi) is 4.16. The van der Waals surface area contributed by atoms with E-state index >= 15 is 0 Å². The third kappa shape index (κ3) is 3.52. The number of rotatable bonds is 4. The number of sulfonamides is 2. The standard InChI is InChI=1S/C10H16N2O4S2/c1-8(12(2)17(3,13)14)9-4-6-10(7-5-9)18(11,15)16/h4-8H,1-3H3,(H2,11,15,16). The highest BCUT2D eigenvalue weighted by Gasteiger charge is 2.20. The van der Waals surface area contributed by atoms with Gasteiger partial charge in [0.15, 0.2) is 0 Å². The lowest BCUT2D eigenvalue weighted by Crippen LogP contribution is -2.28. The van der Waals surface area contributed by atoms with Crippen LogP contribution < -0.4 is 5.14 Å². The number of benzene rings is 1. The maximum absolute atomic E-state index is 11.4. The van der Waals surface area contributed by atoms with Crippen molar-refractivity contribution in [1.82, 2.24) is 4.31 Å². The monoisotopic (exact) mass is 292 g/mol. The molecule has 0 fully saturated rings. The fourth-order valence-corrected chi connectivity index (χ4v) is 2.64. The van der Waals surface area contributed by atoms with E-state index in [0.29, 0.717) is 5.56 Å². The largest absolute Gasteiger partial charge is 0.238 e.